The number of carbonyl (C=O) groups excluding carboxylic acids is 1. The van der Waals surface area contributed by atoms with Gasteiger partial charge in [-0.25, -0.2) is 0 Å². The normalized spacial score (nSPS) is 16.2. The predicted molar refractivity (Wildman–Crippen MR) is 121 cm³/mol. The smallest absolute Gasteiger partial charge is 0.297 e. The number of carbonyl (C=O) groups is 1. The molecule has 31 heavy (non-hydrogen) atoms. The maximum Gasteiger partial charge on any atom is 0.297 e. The molecule has 1 unspecified atom stereocenters. The lowest BCUT2D eigenvalue weighted by Gasteiger charge is -2.24. The summed E-state index contributed by atoms with van der Waals surface area (Å²) in [5, 5.41) is 8.91. The lowest BCUT2D eigenvalue weighted by atomic mass is 9.86. The first-order chi connectivity index (χ1) is 14.8. The maximum atomic E-state index is 13.6. The Kier molecular flexibility index (Phi) is 4.34. The first-order valence-corrected chi connectivity index (χ1v) is 10.9. The molecule has 3 heterocycles. The van der Waals surface area contributed by atoms with Crippen molar-refractivity contribution < 1.29 is 9.21 Å². The van der Waals surface area contributed by atoms with Gasteiger partial charge < -0.3 is 4.42 Å². The summed E-state index contributed by atoms with van der Waals surface area (Å²) in [6.45, 7) is 8.36. The number of anilines is 1. The van der Waals surface area contributed by atoms with E-state index in [4.69, 9.17) is 4.42 Å². The van der Waals surface area contributed by atoms with Crippen molar-refractivity contribution in [3.05, 3.63) is 86.2 Å². The van der Waals surface area contributed by atoms with Gasteiger partial charge >= 0.3 is 0 Å². The zero-order valence-electron chi connectivity index (χ0n) is 17.7. The summed E-state index contributed by atoms with van der Waals surface area (Å²) in [5.74, 6) is -0.308. The van der Waals surface area contributed by atoms with Crippen molar-refractivity contribution >= 4 is 33.3 Å². The van der Waals surface area contributed by atoms with E-state index in [0.717, 1.165) is 11.1 Å². The second-order valence-electron chi connectivity index (χ2n) is 8.84. The van der Waals surface area contributed by atoms with E-state index < -0.39 is 6.04 Å². The molecule has 0 N–H and O–H groups in total. The van der Waals surface area contributed by atoms with Crippen molar-refractivity contribution in [3.63, 3.8) is 0 Å². The Morgan fingerprint density at radius 2 is 1.81 bits per heavy atom. The number of hydrogen-bond acceptors (Lipinski definition) is 6. The van der Waals surface area contributed by atoms with Gasteiger partial charge in [0, 0.05) is 0 Å². The minimum atomic E-state index is -0.620. The molecule has 0 fully saturated rings. The van der Waals surface area contributed by atoms with Crippen LogP contribution in [0.3, 0.4) is 0 Å². The standard InChI is InChI=1S/C24H21N3O3S/c1-13-5-10-17-16(11-13)20(28)18-19(14-6-8-15(9-7-14)24(2,3)4)27(22(29)21(18)30-17)23-26-25-12-31-23/h5-12,19H,1-4H3. The topological polar surface area (TPSA) is 76.3 Å². The average Bonchev–Trinajstić information content (AvgIpc) is 3.35. The summed E-state index contributed by atoms with van der Waals surface area (Å²) in [5.41, 5.74) is 5.08. The number of fused-ring (bicyclic) bond motifs is 2. The molecular weight excluding hydrogens is 410 g/mol. The second kappa shape index (κ2) is 6.85. The number of aryl methyl sites for hydroxylation is 1. The van der Waals surface area contributed by atoms with E-state index in [1.807, 2.05) is 37.3 Å². The molecule has 1 aliphatic rings. The van der Waals surface area contributed by atoms with Crippen molar-refractivity contribution in [2.75, 3.05) is 4.90 Å². The lowest BCUT2D eigenvalue weighted by molar-refractivity contribution is 0.0970. The molecule has 5 rings (SSSR count). The molecule has 2 aromatic carbocycles. The van der Waals surface area contributed by atoms with Gasteiger partial charge in [-0.05, 0) is 35.6 Å². The van der Waals surface area contributed by atoms with Crippen LogP contribution < -0.4 is 10.3 Å². The van der Waals surface area contributed by atoms with Crippen LogP contribution in [0.1, 0.15) is 59.6 Å². The molecule has 6 nitrogen and oxygen atoms in total. The Morgan fingerprint density at radius 1 is 1.06 bits per heavy atom. The molecule has 1 amide bonds. The van der Waals surface area contributed by atoms with Crippen LogP contribution in [0, 0.1) is 6.92 Å². The summed E-state index contributed by atoms with van der Waals surface area (Å²) in [4.78, 5) is 28.5. The molecule has 0 aliphatic carbocycles. The third-order valence-electron chi connectivity index (χ3n) is 5.67. The van der Waals surface area contributed by atoms with Crippen LogP contribution in [0.25, 0.3) is 11.0 Å². The highest BCUT2D eigenvalue weighted by Crippen LogP contribution is 2.42. The highest BCUT2D eigenvalue weighted by molar-refractivity contribution is 7.13. The number of aromatic nitrogens is 2. The van der Waals surface area contributed by atoms with Gasteiger partial charge in [0.15, 0.2) is 5.43 Å². The minimum absolute atomic E-state index is 0.00634. The van der Waals surface area contributed by atoms with E-state index in [2.05, 4.69) is 31.0 Å². The van der Waals surface area contributed by atoms with Crippen molar-refractivity contribution in [2.45, 2.75) is 39.2 Å². The lowest BCUT2D eigenvalue weighted by Crippen LogP contribution is -2.29. The van der Waals surface area contributed by atoms with Crippen molar-refractivity contribution in [2.24, 2.45) is 0 Å². The van der Waals surface area contributed by atoms with E-state index in [9.17, 15) is 9.59 Å². The summed E-state index contributed by atoms with van der Waals surface area (Å²) in [7, 11) is 0. The first kappa shape index (κ1) is 19.6. The third kappa shape index (κ3) is 3.08. The molecule has 1 atom stereocenters. The molecule has 0 saturated carbocycles. The molecular formula is C24H21N3O3S. The van der Waals surface area contributed by atoms with Gasteiger partial charge in [-0.15, -0.1) is 10.2 Å². The van der Waals surface area contributed by atoms with Gasteiger partial charge in [0.2, 0.25) is 10.9 Å². The average molecular weight is 432 g/mol. The minimum Gasteiger partial charge on any atom is -0.450 e. The fourth-order valence-corrected chi connectivity index (χ4v) is 4.62. The second-order valence-corrected chi connectivity index (χ2v) is 9.66. The van der Waals surface area contributed by atoms with Gasteiger partial charge in [-0.2, -0.15) is 0 Å². The Balaban J connectivity index is 1.77. The van der Waals surface area contributed by atoms with E-state index >= 15 is 0 Å². The molecule has 156 valence electrons. The van der Waals surface area contributed by atoms with Gasteiger partial charge in [-0.1, -0.05) is 68.0 Å². The third-order valence-corrected chi connectivity index (χ3v) is 6.36. The van der Waals surface area contributed by atoms with Crippen LogP contribution >= 0.6 is 11.3 Å². The van der Waals surface area contributed by atoms with E-state index in [1.54, 1.807) is 17.6 Å². The molecule has 1 aliphatic heterocycles. The van der Waals surface area contributed by atoms with Crippen LogP contribution in [0.5, 0.6) is 0 Å². The largest absolute Gasteiger partial charge is 0.450 e. The maximum absolute atomic E-state index is 13.6. The van der Waals surface area contributed by atoms with Gasteiger partial charge in [0.05, 0.1) is 17.0 Å². The molecule has 0 radical (unpaired) electrons. The molecule has 0 bridgehead atoms. The molecule has 4 aromatic rings. The monoisotopic (exact) mass is 431 g/mol. The van der Waals surface area contributed by atoms with Crippen molar-refractivity contribution in [3.8, 4) is 0 Å². The van der Waals surface area contributed by atoms with Crippen LogP contribution in [0.15, 0.2) is 57.2 Å². The number of amides is 1. The Labute approximate surface area is 183 Å². The zero-order valence-corrected chi connectivity index (χ0v) is 18.5. The van der Waals surface area contributed by atoms with E-state index in [1.165, 1.54) is 21.8 Å². The van der Waals surface area contributed by atoms with Gasteiger partial charge in [0.25, 0.3) is 5.91 Å². The number of nitrogens with zero attached hydrogens (tertiary/aromatic N) is 3. The van der Waals surface area contributed by atoms with Crippen molar-refractivity contribution in [1.82, 2.24) is 10.2 Å². The quantitative estimate of drug-likeness (QED) is 0.446. The highest BCUT2D eigenvalue weighted by Gasteiger charge is 2.45. The van der Waals surface area contributed by atoms with E-state index in [-0.39, 0.29) is 22.5 Å². The van der Waals surface area contributed by atoms with Crippen molar-refractivity contribution in [1.29, 1.82) is 0 Å². The number of benzene rings is 2. The fraction of sp³-hybridized carbons (Fsp3) is 0.250. The van der Waals surface area contributed by atoms with Gasteiger partial charge in [0.1, 0.15) is 11.1 Å². The fourth-order valence-electron chi connectivity index (χ4n) is 4.04. The molecule has 7 heteroatoms. The zero-order chi connectivity index (χ0) is 21.9. The Hall–Kier alpha value is -3.32. The molecule has 0 spiro atoms. The summed E-state index contributed by atoms with van der Waals surface area (Å²) >= 11 is 1.25. The van der Waals surface area contributed by atoms with Gasteiger partial charge in [-0.3, -0.25) is 14.5 Å². The highest BCUT2D eigenvalue weighted by atomic mass is 32.1. The molecule has 0 saturated heterocycles. The summed E-state index contributed by atoms with van der Waals surface area (Å²) < 4.78 is 5.98. The summed E-state index contributed by atoms with van der Waals surface area (Å²) in [6, 6.07) is 12.8. The Morgan fingerprint density at radius 3 is 2.45 bits per heavy atom. The van der Waals surface area contributed by atoms with E-state index in [0.29, 0.717) is 21.7 Å². The SMILES string of the molecule is Cc1ccc2oc3c(c(=O)c2c1)C(c1ccc(C(C)(C)C)cc1)N(c1nncs1)C3=O. The number of rotatable bonds is 2. The first-order valence-electron chi connectivity index (χ1n) is 10.0. The van der Waals surface area contributed by atoms with Crippen LogP contribution in [-0.4, -0.2) is 16.1 Å². The van der Waals surface area contributed by atoms with Crippen LogP contribution in [0.4, 0.5) is 5.13 Å². The number of hydrogen-bond donors (Lipinski definition) is 0. The predicted octanol–water partition coefficient (Wildman–Crippen LogP) is 5.00. The molecule has 2 aromatic heterocycles. The van der Waals surface area contributed by atoms with Crippen LogP contribution in [-0.2, 0) is 5.41 Å². The summed E-state index contributed by atoms with van der Waals surface area (Å²) in [6.07, 6.45) is 0. The van der Waals surface area contributed by atoms with Crippen LogP contribution in [0.2, 0.25) is 0 Å². The Bertz CT molecular complexity index is 1370.